The maximum Gasteiger partial charge on any atom is 0.249 e. The molecule has 0 spiro atoms. The van der Waals surface area contributed by atoms with Crippen molar-refractivity contribution in [1.29, 1.82) is 0 Å². The minimum Gasteiger partial charge on any atom is -0.356 e. The number of nitrogens with one attached hydrogen (secondary N) is 2. The maximum absolute atomic E-state index is 12.6. The number of para-hydroxylation sites is 1. The fourth-order valence-corrected chi connectivity index (χ4v) is 2.73. The second-order valence-corrected chi connectivity index (χ2v) is 5.95. The lowest BCUT2D eigenvalue weighted by molar-refractivity contribution is -0.132. The van der Waals surface area contributed by atoms with Crippen LogP contribution in [0.1, 0.15) is 31.7 Å². The van der Waals surface area contributed by atoms with E-state index in [4.69, 9.17) is 9.47 Å². The van der Waals surface area contributed by atoms with Crippen LogP contribution in [0, 0.1) is 0 Å². The van der Waals surface area contributed by atoms with Gasteiger partial charge in [0.05, 0.1) is 0 Å². The Labute approximate surface area is 136 Å². The smallest absolute Gasteiger partial charge is 0.249 e. The van der Waals surface area contributed by atoms with Crippen LogP contribution < -0.4 is 10.6 Å². The van der Waals surface area contributed by atoms with Gasteiger partial charge in [-0.05, 0) is 31.4 Å². The monoisotopic (exact) mass is 320 g/mol. The van der Waals surface area contributed by atoms with E-state index in [0.29, 0.717) is 31.4 Å². The van der Waals surface area contributed by atoms with Crippen LogP contribution in [0.5, 0.6) is 0 Å². The molecular weight excluding hydrogens is 296 g/mol. The number of carbonyl (C=O) groups excluding carboxylic acids is 2. The Morgan fingerprint density at radius 3 is 2.70 bits per heavy atom. The van der Waals surface area contributed by atoms with Gasteiger partial charge in [0.15, 0.2) is 6.29 Å². The predicted molar refractivity (Wildman–Crippen MR) is 87.0 cm³/mol. The minimum absolute atomic E-state index is 0.0824. The molecule has 2 amide bonds. The summed E-state index contributed by atoms with van der Waals surface area (Å²) in [6.07, 6.45) is 1.96. The van der Waals surface area contributed by atoms with E-state index in [1.807, 2.05) is 24.3 Å². The molecule has 6 heteroatoms. The molecule has 1 fully saturated rings. The molecule has 0 radical (unpaired) electrons. The van der Waals surface area contributed by atoms with Gasteiger partial charge >= 0.3 is 0 Å². The Kier molecular flexibility index (Phi) is 5.74. The van der Waals surface area contributed by atoms with Crippen LogP contribution >= 0.6 is 0 Å². The van der Waals surface area contributed by atoms with Crippen molar-refractivity contribution in [2.24, 2.45) is 0 Å². The molecule has 0 bridgehead atoms. The number of benzene rings is 1. The molecule has 1 aromatic carbocycles. The quantitative estimate of drug-likeness (QED) is 0.784. The number of anilines is 1. The van der Waals surface area contributed by atoms with Gasteiger partial charge in [0.25, 0.3) is 0 Å². The van der Waals surface area contributed by atoms with Crippen molar-refractivity contribution < 1.29 is 19.1 Å². The lowest BCUT2D eigenvalue weighted by atomic mass is 9.89. The summed E-state index contributed by atoms with van der Waals surface area (Å²) in [5.74, 6) is -0.287. The van der Waals surface area contributed by atoms with Gasteiger partial charge in [-0.1, -0.05) is 18.2 Å². The first kappa shape index (κ1) is 17.4. The van der Waals surface area contributed by atoms with E-state index in [2.05, 4.69) is 10.6 Å². The zero-order chi connectivity index (χ0) is 16.9. The number of hydrogen-bond acceptors (Lipinski definition) is 4. The second kappa shape index (κ2) is 7.57. The molecule has 1 aromatic rings. The Balaban J connectivity index is 2.13. The minimum atomic E-state index is -0.871. The summed E-state index contributed by atoms with van der Waals surface area (Å²) in [6.45, 7) is 1.76. The average Bonchev–Trinajstić information content (AvgIpc) is 2.53. The van der Waals surface area contributed by atoms with E-state index < -0.39 is 5.54 Å². The molecule has 0 aromatic heterocycles. The van der Waals surface area contributed by atoms with Crippen molar-refractivity contribution in [1.82, 2.24) is 5.32 Å². The number of rotatable bonds is 6. The highest BCUT2D eigenvalue weighted by molar-refractivity contribution is 6.01. The number of piperidine rings is 1. The number of amides is 2. The van der Waals surface area contributed by atoms with Crippen LogP contribution in [0.2, 0.25) is 0 Å². The molecule has 2 rings (SSSR count). The lowest BCUT2D eigenvalue weighted by Gasteiger charge is -2.33. The van der Waals surface area contributed by atoms with Crippen LogP contribution in [0.25, 0.3) is 0 Å². The van der Waals surface area contributed by atoms with E-state index >= 15 is 0 Å². The van der Waals surface area contributed by atoms with Gasteiger partial charge in [-0.2, -0.15) is 0 Å². The largest absolute Gasteiger partial charge is 0.356 e. The van der Waals surface area contributed by atoms with E-state index in [1.54, 1.807) is 21.1 Å². The van der Waals surface area contributed by atoms with Crippen LogP contribution in [0.15, 0.2) is 24.3 Å². The third-order valence-electron chi connectivity index (χ3n) is 4.18. The van der Waals surface area contributed by atoms with Gasteiger partial charge in [0.1, 0.15) is 5.54 Å². The van der Waals surface area contributed by atoms with Crippen LogP contribution in [-0.4, -0.2) is 37.9 Å². The van der Waals surface area contributed by atoms with Crippen molar-refractivity contribution in [3.8, 4) is 0 Å². The van der Waals surface area contributed by atoms with Crippen LogP contribution in [-0.2, 0) is 25.5 Å². The van der Waals surface area contributed by atoms with Gasteiger partial charge in [-0.15, -0.1) is 0 Å². The SMILES string of the molecule is COC(Cc1ccccc1NC(=O)C1(C)CCCC(=O)N1)OC. The summed E-state index contributed by atoms with van der Waals surface area (Å²) < 4.78 is 10.4. The topological polar surface area (TPSA) is 76.7 Å². The molecule has 0 saturated carbocycles. The van der Waals surface area contributed by atoms with Crippen molar-refractivity contribution in [2.45, 2.75) is 44.4 Å². The molecule has 23 heavy (non-hydrogen) atoms. The van der Waals surface area contributed by atoms with Crippen LogP contribution in [0.3, 0.4) is 0 Å². The first-order chi connectivity index (χ1) is 11.0. The Bertz CT molecular complexity index is 571. The summed E-state index contributed by atoms with van der Waals surface area (Å²) in [5.41, 5.74) is 0.752. The molecular formula is C17H24N2O4. The first-order valence-corrected chi connectivity index (χ1v) is 7.74. The normalized spacial score (nSPS) is 21.1. The fourth-order valence-electron chi connectivity index (χ4n) is 2.73. The third-order valence-corrected chi connectivity index (χ3v) is 4.18. The van der Waals surface area contributed by atoms with Crippen molar-refractivity contribution >= 4 is 17.5 Å². The Morgan fingerprint density at radius 2 is 2.04 bits per heavy atom. The third kappa shape index (κ3) is 4.30. The summed E-state index contributed by atoms with van der Waals surface area (Å²) in [7, 11) is 3.15. The molecule has 2 N–H and O–H groups in total. The molecule has 1 aliphatic heterocycles. The van der Waals surface area contributed by atoms with Gasteiger partial charge in [0.2, 0.25) is 11.8 Å². The maximum atomic E-state index is 12.6. The highest BCUT2D eigenvalue weighted by atomic mass is 16.7. The molecule has 1 atom stereocenters. The van der Waals surface area contributed by atoms with Crippen molar-refractivity contribution in [3.05, 3.63) is 29.8 Å². The van der Waals surface area contributed by atoms with Gasteiger partial charge in [-0.3, -0.25) is 9.59 Å². The zero-order valence-corrected chi connectivity index (χ0v) is 13.8. The number of hydrogen-bond donors (Lipinski definition) is 2. The fraction of sp³-hybridized carbons (Fsp3) is 0.529. The second-order valence-electron chi connectivity index (χ2n) is 5.95. The van der Waals surface area contributed by atoms with Crippen molar-refractivity contribution in [2.75, 3.05) is 19.5 Å². The number of carbonyl (C=O) groups is 2. The van der Waals surface area contributed by atoms with Crippen molar-refractivity contribution in [3.63, 3.8) is 0 Å². The predicted octanol–water partition coefficient (Wildman–Crippen LogP) is 1.85. The Hall–Kier alpha value is -1.92. The van der Waals surface area contributed by atoms with Gasteiger partial charge in [0, 0.05) is 32.7 Å². The molecule has 1 aliphatic rings. The Morgan fingerprint density at radius 1 is 1.35 bits per heavy atom. The summed E-state index contributed by atoms with van der Waals surface area (Å²) >= 11 is 0. The number of methoxy groups -OCH3 is 2. The molecule has 6 nitrogen and oxygen atoms in total. The zero-order valence-electron chi connectivity index (χ0n) is 13.8. The average molecular weight is 320 g/mol. The highest BCUT2D eigenvalue weighted by Gasteiger charge is 2.37. The highest BCUT2D eigenvalue weighted by Crippen LogP contribution is 2.24. The first-order valence-electron chi connectivity index (χ1n) is 7.74. The number of ether oxygens (including phenoxy) is 2. The molecule has 0 aliphatic carbocycles. The van der Waals surface area contributed by atoms with E-state index in [-0.39, 0.29) is 18.1 Å². The molecule has 126 valence electrons. The molecule has 1 unspecified atom stereocenters. The van der Waals surface area contributed by atoms with Gasteiger partial charge < -0.3 is 20.1 Å². The summed E-state index contributed by atoms with van der Waals surface area (Å²) in [6, 6.07) is 7.51. The van der Waals surface area contributed by atoms with E-state index in [1.165, 1.54) is 0 Å². The lowest BCUT2D eigenvalue weighted by Crippen LogP contribution is -2.56. The molecule has 1 saturated heterocycles. The van der Waals surface area contributed by atoms with Gasteiger partial charge in [-0.25, -0.2) is 0 Å². The van der Waals surface area contributed by atoms with E-state index in [0.717, 1.165) is 5.56 Å². The summed E-state index contributed by atoms with van der Waals surface area (Å²) in [5, 5.41) is 5.73. The van der Waals surface area contributed by atoms with Crippen LogP contribution in [0.4, 0.5) is 5.69 Å². The molecule has 1 heterocycles. The summed E-state index contributed by atoms with van der Waals surface area (Å²) in [4.78, 5) is 24.2. The van der Waals surface area contributed by atoms with E-state index in [9.17, 15) is 9.59 Å². The standard InChI is InChI=1S/C17H24N2O4/c1-17(10-6-9-14(20)19-17)16(21)18-13-8-5-4-7-12(13)11-15(22-2)23-3/h4-5,7-8,15H,6,9-11H2,1-3H3,(H,18,21)(H,19,20).